The number of benzene rings is 1. The van der Waals surface area contributed by atoms with Crippen LogP contribution in [0.4, 0.5) is 5.69 Å². The zero-order valence-corrected chi connectivity index (χ0v) is 14.3. The molecule has 1 aromatic carbocycles. The number of hydrogen-bond donors (Lipinski definition) is 1. The van der Waals surface area contributed by atoms with E-state index in [2.05, 4.69) is 9.84 Å². The van der Waals surface area contributed by atoms with Crippen LogP contribution in [0.3, 0.4) is 0 Å². The zero-order chi connectivity index (χ0) is 19.0. The van der Waals surface area contributed by atoms with Crippen molar-refractivity contribution in [3.05, 3.63) is 39.9 Å². The van der Waals surface area contributed by atoms with Gasteiger partial charge in [0.15, 0.2) is 11.4 Å². The first-order chi connectivity index (χ1) is 11.5. The standard InChI is InChI=1S/C16H19N3O6/c1-15(2,3)16(22)9-12(14(21)25-4)17-18(16)13(20)10-5-7-11(8-6-10)19(23)24/h5-8,22H,9H2,1-4H3. The Bertz CT molecular complexity index is 750. The summed E-state index contributed by atoms with van der Waals surface area (Å²) in [5, 5.41) is 26.6. The second-order valence-corrected chi connectivity index (χ2v) is 6.70. The molecule has 1 amide bonds. The topological polar surface area (TPSA) is 122 Å². The monoisotopic (exact) mass is 349 g/mol. The molecule has 0 spiro atoms. The number of esters is 1. The highest BCUT2D eigenvalue weighted by molar-refractivity contribution is 6.37. The van der Waals surface area contributed by atoms with Crippen LogP contribution in [0.25, 0.3) is 0 Å². The van der Waals surface area contributed by atoms with E-state index in [1.54, 1.807) is 20.8 Å². The molecule has 1 heterocycles. The van der Waals surface area contributed by atoms with E-state index in [1.165, 1.54) is 31.4 Å². The van der Waals surface area contributed by atoms with Gasteiger partial charge in [0.1, 0.15) is 0 Å². The van der Waals surface area contributed by atoms with Crippen molar-refractivity contribution in [1.29, 1.82) is 0 Å². The van der Waals surface area contributed by atoms with Gasteiger partial charge in [0.2, 0.25) is 0 Å². The van der Waals surface area contributed by atoms with E-state index in [-0.39, 0.29) is 23.4 Å². The first-order valence-corrected chi connectivity index (χ1v) is 7.48. The molecule has 1 aliphatic rings. The lowest BCUT2D eigenvalue weighted by molar-refractivity contribution is -0.384. The molecule has 0 saturated carbocycles. The zero-order valence-electron chi connectivity index (χ0n) is 14.3. The molecule has 9 heteroatoms. The smallest absolute Gasteiger partial charge is 0.354 e. The summed E-state index contributed by atoms with van der Waals surface area (Å²) < 4.78 is 4.62. The molecule has 1 aliphatic heterocycles. The molecule has 134 valence electrons. The van der Waals surface area contributed by atoms with Crippen LogP contribution in [0.5, 0.6) is 0 Å². The average molecular weight is 349 g/mol. The summed E-state index contributed by atoms with van der Waals surface area (Å²) in [5.74, 6) is -1.41. The fourth-order valence-corrected chi connectivity index (χ4v) is 2.42. The second kappa shape index (κ2) is 6.25. The Hall–Kier alpha value is -2.81. The molecule has 2 rings (SSSR count). The van der Waals surface area contributed by atoms with Crippen molar-refractivity contribution in [3.8, 4) is 0 Å². The van der Waals surface area contributed by atoms with E-state index >= 15 is 0 Å². The van der Waals surface area contributed by atoms with Crippen molar-refractivity contribution in [1.82, 2.24) is 5.01 Å². The Morgan fingerprint density at radius 2 is 1.88 bits per heavy atom. The Morgan fingerprint density at radius 3 is 2.32 bits per heavy atom. The lowest BCUT2D eigenvalue weighted by atomic mass is 9.80. The SMILES string of the molecule is COC(=O)C1=NN(C(=O)c2ccc([N+](=O)[O-])cc2)C(O)(C(C)(C)C)C1. The third kappa shape index (κ3) is 3.22. The maximum absolute atomic E-state index is 12.8. The average Bonchev–Trinajstić information content (AvgIpc) is 2.92. The van der Waals surface area contributed by atoms with Gasteiger partial charge in [-0.05, 0) is 12.1 Å². The Kier molecular flexibility index (Phi) is 4.63. The number of rotatable bonds is 3. The van der Waals surface area contributed by atoms with Gasteiger partial charge in [-0.1, -0.05) is 20.8 Å². The lowest BCUT2D eigenvalue weighted by Crippen LogP contribution is -2.55. The van der Waals surface area contributed by atoms with E-state index in [1.807, 2.05) is 0 Å². The molecule has 0 radical (unpaired) electrons. The summed E-state index contributed by atoms with van der Waals surface area (Å²) in [7, 11) is 1.18. The van der Waals surface area contributed by atoms with Crippen LogP contribution in [0.2, 0.25) is 0 Å². The lowest BCUT2D eigenvalue weighted by Gasteiger charge is -2.41. The molecule has 1 unspecified atom stereocenters. The number of nitro groups is 1. The number of nitrogens with zero attached hydrogens (tertiary/aromatic N) is 3. The van der Waals surface area contributed by atoms with Crippen molar-refractivity contribution in [2.45, 2.75) is 32.9 Å². The summed E-state index contributed by atoms with van der Waals surface area (Å²) in [6, 6.07) is 4.92. The number of aliphatic hydroxyl groups is 1. The summed E-state index contributed by atoms with van der Waals surface area (Å²) in [4.78, 5) is 34.7. The third-order valence-electron chi connectivity index (χ3n) is 4.12. The summed E-state index contributed by atoms with van der Waals surface area (Å²) in [6.45, 7) is 5.12. The maximum atomic E-state index is 12.8. The highest BCUT2D eigenvalue weighted by Gasteiger charge is 2.54. The van der Waals surface area contributed by atoms with Gasteiger partial charge >= 0.3 is 5.97 Å². The minimum atomic E-state index is -1.74. The molecular weight excluding hydrogens is 330 g/mol. The number of carbonyl (C=O) groups excluding carboxylic acids is 2. The van der Waals surface area contributed by atoms with E-state index in [9.17, 15) is 24.8 Å². The van der Waals surface area contributed by atoms with E-state index in [4.69, 9.17) is 0 Å². The Labute approximate surface area is 144 Å². The minimum absolute atomic E-state index is 0.0739. The second-order valence-electron chi connectivity index (χ2n) is 6.70. The highest BCUT2D eigenvalue weighted by Crippen LogP contribution is 2.41. The normalized spacial score (nSPS) is 20.2. The molecule has 0 bridgehead atoms. The van der Waals surface area contributed by atoms with Gasteiger partial charge in [-0.15, -0.1) is 0 Å². The number of hydrogen-bond acceptors (Lipinski definition) is 7. The summed E-state index contributed by atoms with van der Waals surface area (Å²) in [5.41, 5.74) is -2.70. The van der Waals surface area contributed by atoms with E-state index < -0.39 is 27.9 Å². The number of ether oxygens (including phenoxy) is 1. The molecule has 0 saturated heterocycles. The highest BCUT2D eigenvalue weighted by atomic mass is 16.6. The van der Waals surface area contributed by atoms with E-state index in [0.29, 0.717) is 0 Å². The van der Waals surface area contributed by atoms with Crippen LogP contribution in [-0.2, 0) is 9.53 Å². The number of hydrazone groups is 1. The summed E-state index contributed by atoms with van der Waals surface area (Å²) in [6.07, 6.45) is -0.179. The molecule has 0 fully saturated rings. The van der Waals surface area contributed by atoms with Gasteiger partial charge in [0.25, 0.3) is 11.6 Å². The number of amides is 1. The van der Waals surface area contributed by atoms with Gasteiger partial charge in [-0.3, -0.25) is 14.9 Å². The predicted molar refractivity (Wildman–Crippen MR) is 87.7 cm³/mol. The molecule has 0 aromatic heterocycles. The first kappa shape index (κ1) is 18.5. The molecule has 1 N–H and O–H groups in total. The molecular formula is C16H19N3O6. The molecule has 0 aliphatic carbocycles. The van der Waals surface area contributed by atoms with Crippen LogP contribution in [0.15, 0.2) is 29.4 Å². The van der Waals surface area contributed by atoms with Crippen molar-refractivity contribution in [2.24, 2.45) is 10.5 Å². The Morgan fingerprint density at radius 1 is 1.32 bits per heavy atom. The number of nitro benzene ring substituents is 1. The molecule has 9 nitrogen and oxygen atoms in total. The van der Waals surface area contributed by atoms with Gasteiger partial charge in [-0.2, -0.15) is 10.1 Å². The van der Waals surface area contributed by atoms with Crippen LogP contribution < -0.4 is 0 Å². The molecule has 1 aromatic rings. The van der Waals surface area contributed by atoms with Gasteiger partial charge < -0.3 is 9.84 Å². The van der Waals surface area contributed by atoms with Crippen LogP contribution in [0.1, 0.15) is 37.6 Å². The third-order valence-corrected chi connectivity index (χ3v) is 4.12. The van der Waals surface area contributed by atoms with Crippen molar-refractivity contribution < 1.29 is 24.4 Å². The summed E-state index contributed by atoms with van der Waals surface area (Å²) >= 11 is 0. The van der Waals surface area contributed by atoms with Crippen molar-refractivity contribution in [2.75, 3.05) is 7.11 Å². The Balaban J connectivity index is 2.44. The number of methoxy groups -OCH3 is 1. The molecule has 1 atom stereocenters. The predicted octanol–water partition coefficient (Wildman–Crippen LogP) is 1.70. The fraction of sp³-hybridized carbons (Fsp3) is 0.438. The number of carbonyl (C=O) groups is 2. The van der Waals surface area contributed by atoms with Gasteiger partial charge in [0.05, 0.1) is 12.0 Å². The maximum Gasteiger partial charge on any atom is 0.354 e. The largest absolute Gasteiger partial charge is 0.464 e. The van der Waals surface area contributed by atoms with Gasteiger partial charge in [-0.25, -0.2) is 4.79 Å². The van der Waals surface area contributed by atoms with Gasteiger partial charge in [0, 0.05) is 29.5 Å². The van der Waals surface area contributed by atoms with Crippen LogP contribution in [-0.4, -0.2) is 45.5 Å². The fourth-order valence-electron chi connectivity index (χ4n) is 2.42. The number of non-ortho nitro benzene ring substituents is 1. The van der Waals surface area contributed by atoms with Crippen molar-refractivity contribution in [3.63, 3.8) is 0 Å². The molecule has 25 heavy (non-hydrogen) atoms. The first-order valence-electron chi connectivity index (χ1n) is 7.48. The minimum Gasteiger partial charge on any atom is -0.464 e. The van der Waals surface area contributed by atoms with Crippen molar-refractivity contribution >= 4 is 23.3 Å². The van der Waals surface area contributed by atoms with E-state index in [0.717, 1.165) is 5.01 Å². The quantitative estimate of drug-likeness (QED) is 0.503. The van der Waals surface area contributed by atoms with Crippen LogP contribution >= 0.6 is 0 Å². The van der Waals surface area contributed by atoms with Crippen LogP contribution in [0, 0.1) is 15.5 Å².